The summed E-state index contributed by atoms with van der Waals surface area (Å²) >= 11 is 3.59. The van der Waals surface area contributed by atoms with Gasteiger partial charge in [0.25, 0.3) is 0 Å². The minimum absolute atomic E-state index is 0.00762. The minimum Gasteiger partial charge on any atom is -0.323 e. The Morgan fingerprint density at radius 3 is 2.75 bits per heavy atom. The standard InChI is InChI=1S/C14H26BrN5/c1-10(2)20-14(12(15)8-17-20)13(16)7-11-9-18(3)5-6-19(11)4/h8,10-11,13H,5-7,9,16H2,1-4H3. The minimum atomic E-state index is 0.00762. The summed E-state index contributed by atoms with van der Waals surface area (Å²) in [7, 11) is 4.37. The molecule has 2 N–H and O–H groups in total. The van der Waals surface area contributed by atoms with Crippen molar-refractivity contribution in [2.45, 2.75) is 38.4 Å². The molecule has 2 heterocycles. The van der Waals surface area contributed by atoms with Crippen LogP contribution in [-0.4, -0.2) is 59.4 Å². The zero-order valence-electron chi connectivity index (χ0n) is 12.9. The fraction of sp³-hybridized carbons (Fsp3) is 0.786. The van der Waals surface area contributed by atoms with Crippen molar-refractivity contribution in [1.82, 2.24) is 19.6 Å². The van der Waals surface area contributed by atoms with Crippen LogP contribution >= 0.6 is 15.9 Å². The second-order valence-corrected chi connectivity index (χ2v) is 7.01. The maximum atomic E-state index is 6.48. The first-order valence-corrected chi connectivity index (χ1v) is 8.06. The second kappa shape index (κ2) is 6.56. The van der Waals surface area contributed by atoms with Crippen molar-refractivity contribution in [3.63, 3.8) is 0 Å². The van der Waals surface area contributed by atoms with Gasteiger partial charge in [-0.25, -0.2) is 0 Å². The molecule has 2 unspecified atom stereocenters. The van der Waals surface area contributed by atoms with E-state index in [2.05, 4.69) is 58.8 Å². The van der Waals surface area contributed by atoms with Crippen molar-refractivity contribution >= 4 is 15.9 Å². The van der Waals surface area contributed by atoms with Crippen LogP contribution in [0.2, 0.25) is 0 Å². The van der Waals surface area contributed by atoms with Crippen LogP contribution in [0.5, 0.6) is 0 Å². The van der Waals surface area contributed by atoms with E-state index in [1.54, 1.807) is 0 Å². The molecule has 5 nitrogen and oxygen atoms in total. The van der Waals surface area contributed by atoms with Crippen LogP contribution in [0.15, 0.2) is 10.7 Å². The molecule has 1 aliphatic heterocycles. The quantitative estimate of drug-likeness (QED) is 0.906. The van der Waals surface area contributed by atoms with E-state index in [1.807, 2.05) is 10.9 Å². The van der Waals surface area contributed by atoms with Gasteiger partial charge in [-0.05, 0) is 50.3 Å². The Bertz CT molecular complexity index is 445. The molecule has 0 saturated carbocycles. The zero-order valence-corrected chi connectivity index (χ0v) is 14.5. The van der Waals surface area contributed by atoms with Crippen molar-refractivity contribution in [3.8, 4) is 0 Å². The Morgan fingerprint density at radius 2 is 2.10 bits per heavy atom. The van der Waals surface area contributed by atoms with Gasteiger partial charge in [0.05, 0.1) is 16.4 Å². The molecular formula is C14H26BrN5. The van der Waals surface area contributed by atoms with Crippen LogP contribution in [0.1, 0.15) is 38.0 Å². The van der Waals surface area contributed by atoms with Crippen LogP contribution in [0, 0.1) is 0 Å². The topological polar surface area (TPSA) is 50.3 Å². The summed E-state index contributed by atoms with van der Waals surface area (Å²) in [6.45, 7) is 7.60. The highest BCUT2D eigenvalue weighted by Gasteiger charge is 2.27. The maximum absolute atomic E-state index is 6.48. The zero-order chi connectivity index (χ0) is 14.9. The predicted molar refractivity (Wildman–Crippen MR) is 85.8 cm³/mol. The third-order valence-electron chi connectivity index (χ3n) is 4.13. The molecule has 0 aromatic carbocycles. The Labute approximate surface area is 130 Å². The van der Waals surface area contributed by atoms with Gasteiger partial charge < -0.3 is 15.5 Å². The first-order chi connectivity index (χ1) is 9.40. The lowest BCUT2D eigenvalue weighted by Gasteiger charge is -2.39. The van der Waals surface area contributed by atoms with Crippen molar-refractivity contribution in [3.05, 3.63) is 16.4 Å². The fourth-order valence-corrected chi connectivity index (χ4v) is 3.44. The summed E-state index contributed by atoms with van der Waals surface area (Å²) in [4.78, 5) is 4.80. The smallest absolute Gasteiger partial charge is 0.0697 e. The van der Waals surface area contributed by atoms with Gasteiger partial charge in [0.1, 0.15) is 0 Å². The molecule has 1 aromatic heterocycles. The van der Waals surface area contributed by atoms with E-state index in [4.69, 9.17) is 5.73 Å². The first kappa shape index (κ1) is 15.9. The van der Waals surface area contributed by atoms with Gasteiger partial charge in [0.15, 0.2) is 0 Å². The van der Waals surface area contributed by atoms with Crippen LogP contribution in [-0.2, 0) is 0 Å². The van der Waals surface area contributed by atoms with Crippen LogP contribution < -0.4 is 5.73 Å². The lowest BCUT2D eigenvalue weighted by molar-refractivity contribution is 0.103. The molecule has 0 aliphatic carbocycles. The van der Waals surface area contributed by atoms with Gasteiger partial charge in [-0.15, -0.1) is 0 Å². The molecule has 0 bridgehead atoms. The van der Waals surface area contributed by atoms with Gasteiger partial charge in [0, 0.05) is 37.8 Å². The van der Waals surface area contributed by atoms with Crippen molar-refractivity contribution in [2.75, 3.05) is 33.7 Å². The van der Waals surface area contributed by atoms with E-state index >= 15 is 0 Å². The Hall–Kier alpha value is -0.430. The summed E-state index contributed by atoms with van der Waals surface area (Å²) in [5.41, 5.74) is 7.59. The monoisotopic (exact) mass is 343 g/mol. The predicted octanol–water partition coefficient (Wildman–Crippen LogP) is 1.86. The molecule has 1 saturated heterocycles. The molecule has 0 radical (unpaired) electrons. The van der Waals surface area contributed by atoms with E-state index < -0.39 is 0 Å². The maximum Gasteiger partial charge on any atom is 0.0697 e. The number of aromatic nitrogens is 2. The molecule has 0 spiro atoms. The number of rotatable bonds is 4. The third-order valence-corrected chi connectivity index (χ3v) is 4.74. The molecule has 20 heavy (non-hydrogen) atoms. The van der Waals surface area contributed by atoms with Crippen molar-refractivity contribution < 1.29 is 0 Å². The normalized spacial score (nSPS) is 23.4. The highest BCUT2D eigenvalue weighted by molar-refractivity contribution is 9.10. The lowest BCUT2D eigenvalue weighted by atomic mass is 10.0. The van der Waals surface area contributed by atoms with Crippen LogP contribution in [0.3, 0.4) is 0 Å². The molecule has 1 fully saturated rings. The molecular weight excluding hydrogens is 318 g/mol. The summed E-state index contributed by atoms with van der Waals surface area (Å²) in [5, 5.41) is 4.43. The van der Waals surface area contributed by atoms with Crippen LogP contribution in [0.4, 0.5) is 0 Å². The fourth-order valence-electron chi connectivity index (χ4n) is 2.87. The number of likely N-dealkylation sites (N-methyl/N-ethyl adjacent to an activating group) is 2. The molecule has 1 aliphatic rings. The first-order valence-electron chi connectivity index (χ1n) is 7.27. The van der Waals surface area contributed by atoms with Gasteiger partial charge in [-0.3, -0.25) is 4.68 Å². The lowest BCUT2D eigenvalue weighted by Crippen LogP contribution is -2.50. The molecule has 114 valence electrons. The van der Waals surface area contributed by atoms with E-state index in [-0.39, 0.29) is 6.04 Å². The van der Waals surface area contributed by atoms with Gasteiger partial charge in [0.2, 0.25) is 0 Å². The summed E-state index contributed by atoms with van der Waals surface area (Å²) < 4.78 is 3.05. The Balaban J connectivity index is 2.11. The molecule has 0 amide bonds. The Morgan fingerprint density at radius 1 is 1.40 bits per heavy atom. The molecule has 2 rings (SSSR count). The van der Waals surface area contributed by atoms with E-state index in [1.165, 1.54) is 0 Å². The summed E-state index contributed by atoms with van der Waals surface area (Å²) in [5.74, 6) is 0. The van der Waals surface area contributed by atoms with Gasteiger partial charge in [-0.2, -0.15) is 5.10 Å². The summed E-state index contributed by atoms with van der Waals surface area (Å²) in [6, 6.07) is 0.841. The number of nitrogens with two attached hydrogens (primary N) is 1. The molecule has 2 atom stereocenters. The van der Waals surface area contributed by atoms with E-state index in [9.17, 15) is 0 Å². The number of hydrogen-bond donors (Lipinski definition) is 1. The van der Waals surface area contributed by atoms with Crippen molar-refractivity contribution in [2.24, 2.45) is 5.73 Å². The Kier molecular flexibility index (Phi) is 5.23. The number of nitrogens with zero attached hydrogens (tertiary/aromatic N) is 4. The van der Waals surface area contributed by atoms with E-state index in [0.717, 1.165) is 36.2 Å². The highest BCUT2D eigenvalue weighted by atomic mass is 79.9. The van der Waals surface area contributed by atoms with E-state index in [0.29, 0.717) is 12.1 Å². The third kappa shape index (κ3) is 3.42. The number of hydrogen-bond acceptors (Lipinski definition) is 4. The largest absolute Gasteiger partial charge is 0.323 e. The average Bonchev–Trinajstić information content (AvgIpc) is 2.76. The second-order valence-electron chi connectivity index (χ2n) is 6.15. The van der Waals surface area contributed by atoms with Gasteiger partial charge >= 0.3 is 0 Å². The van der Waals surface area contributed by atoms with Gasteiger partial charge in [-0.1, -0.05) is 0 Å². The SMILES string of the molecule is CC(C)n1ncc(Br)c1C(N)CC1CN(C)CCN1C. The number of piperazine rings is 1. The molecule has 6 heteroatoms. The summed E-state index contributed by atoms with van der Waals surface area (Å²) in [6.07, 6.45) is 2.81. The number of halogens is 1. The average molecular weight is 344 g/mol. The van der Waals surface area contributed by atoms with Crippen molar-refractivity contribution in [1.29, 1.82) is 0 Å². The van der Waals surface area contributed by atoms with Crippen LogP contribution in [0.25, 0.3) is 0 Å². The highest BCUT2D eigenvalue weighted by Crippen LogP contribution is 2.28. The molecule has 1 aromatic rings.